The van der Waals surface area contributed by atoms with E-state index in [1.165, 1.54) is 26.3 Å². The molecule has 0 unspecified atom stereocenters. The molecule has 0 aromatic rings. The Morgan fingerprint density at radius 1 is 1.00 bits per heavy atom. The van der Waals surface area contributed by atoms with Gasteiger partial charge in [-0.25, -0.2) is 24.4 Å². The molecule has 14 heavy (non-hydrogen) atoms. The first-order chi connectivity index (χ1) is 6.64. The maximum atomic E-state index is 9.96. The number of rotatable bonds is 0. The normalized spacial score (nSPS) is 5.43. The van der Waals surface area contributed by atoms with Crippen LogP contribution in [0.2, 0.25) is 0 Å². The number of amides is 2. The fraction of sp³-hybridized carbons (Fsp3) is 0.571. The summed E-state index contributed by atoms with van der Waals surface area (Å²) in [5.41, 5.74) is 0. The van der Waals surface area contributed by atoms with Crippen LogP contribution in [0.25, 0.3) is 0 Å². The van der Waals surface area contributed by atoms with Crippen molar-refractivity contribution in [1.29, 1.82) is 0 Å². The molecule has 0 saturated carbocycles. The van der Waals surface area contributed by atoms with Crippen LogP contribution in [0.5, 0.6) is 0 Å². The van der Waals surface area contributed by atoms with Gasteiger partial charge in [-0.2, -0.15) is 0 Å². The predicted octanol–water partition coefficient (Wildman–Crippen LogP) is -0.551. The van der Waals surface area contributed by atoms with Crippen molar-refractivity contribution in [1.82, 2.24) is 10.6 Å². The van der Waals surface area contributed by atoms with Crippen LogP contribution < -0.4 is 10.6 Å². The third-order valence-electron chi connectivity index (χ3n) is 0.637. The third kappa shape index (κ3) is 50.4. The molecule has 0 spiro atoms. The largest absolute Gasteiger partial charge is 0.341 e. The number of carbonyl (C=O) groups excluding carboxylic acids is 3. The Morgan fingerprint density at radius 2 is 1.21 bits per heavy atom. The van der Waals surface area contributed by atoms with Crippen molar-refractivity contribution >= 4 is 18.2 Å². The van der Waals surface area contributed by atoms with Crippen LogP contribution in [0.15, 0.2) is 9.98 Å². The molecule has 7 nitrogen and oxygen atoms in total. The summed E-state index contributed by atoms with van der Waals surface area (Å²) in [5, 5.41) is 4.73. The van der Waals surface area contributed by atoms with Crippen molar-refractivity contribution in [3.8, 4) is 0 Å². The van der Waals surface area contributed by atoms with Crippen molar-refractivity contribution < 1.29 is 14.4 Å². The van der Waals surface area contributed by atoms with Crippen molar-refractivity contribution in [2.24, 2.45) is 9.98 Å². The minimum absolute atomic E-state index is 0.157. The van der Waals surface area contributed by atoms with Gasteiger partial charge in [0.2, 0.25) is 12.2 Å². The molecular weight excluding hydrogens is 188 g/mol. The SMILES string of the molecule is CN=C=O.CN=C=O.CNC(=O)NC. The summed E-state index contributed by atoms with van der Waals surface area (Å²) in [7, 11) is 5.90. The van der Waals surface area contributed by atoms with E-state index < -0.39 is 0 Å². The highest BCUT2D eigenvalue weighted by Crippen LogP contribution is 1.48. The number of carbonyl (C=O) groups is 1. The Kier molecular flexibility index (Phi) is 28.8. The van der Waals surface area contributed by atoms with E-state index in [0.717, 1.165) is 0 Å². The number of hydrogen-bond donors (Lipinski definition) is 2. The maximum Gasteiger partial charge on any atom is 0.314 e. The number of isocyanates is 2. The van der Waals surface area contributed by atoms with E-state index in [1.807, 2.05) is 0 Å². The highest BCUT2D eigenvalue weighted by molar-refractivity contribution is 5.72. The van der Waals surface area contributed by atoms with Gasteiger partial charge in [0.1, 0.15) is 0 Å². The van der Waals surface area contributed by atoms with Crippen molar-refractivity contribution in [2.45, 2.75) is 0 Å². The Labute approximate surface area is 82.3 Å². The smallest absolute Gasteiger partial charge is 0.314 e. The van der Waals surface area contributed by atoms with Gasteiger partial charge in [-0.15, -0.1) is 0 Å². The van der Waals surface area contributed by atoms with Gasteiger partial charge >= 0.3 is 6.03 Å². The molecule has 7 heteroatoms. The Bertz CT molecular complexity index is 195. The molecule has 0 radical (unpaired) electrons. The Morgan fingerprint density at radius 3 is 1.21 bits per heavy atom. The lowest BCUT2D eigenvalue weighted by Gasteiger charge is -1.91. The molecule has 80 valence electrons. The molecule has 0 saturated heterocycles. The minimum atomic E-state index is -0.157. The molecule has 0 aromatic heterocycles. The maximum absolute atomic E-state index is 9.96. The highest BCUT2D eigenvalue weighted by Gasteiger charge is 1.81. The number of aliphatic imine (C=N–C) groups is 2. The van der Waals surface area contributed by atoms with Crippen LogP contribution >= 0.6 is 0 Å². The van der Waals surface area contributed by atoms with Gasteiger partial charge < -0.3 is 10.6 Å². The van der Waals surface area contributed by atoms with Crippen LogP contribution in [-0.2, 0) is 9.59 Å². The van der Waals surface area contributed by atoms with Gasteiger partial charge in [-0.1, -0.05) is 0 Å². The second-order valence-electron chi connectivity index (χ2n) is 1.46. The summed E-state index contributed by atoms with van der Waals surface area (Å²) in [6.45, 7) is 0. The molecule has 0 atom stereocenters. The van der Waals surface area contributed by atoms with Gasteiger partial charge in [0.15, 0.2) is 0 Å². The molecule has 0 heterocycles. The summed E-state index contributed by atoms with van der Waals surface area (Å²) in [4.78, 5) is 33.6. The zero-order valence-electron chi connectivity index (χ0n) is 8.62. The van der Waals surface area contributed by atoms with Crippen LogP contribution in [0.1, 0.15) is 0 Å². The van der Waals surface area contributed by atoms with Crippen molar-refractivity contribution in [3.05, 3.63) is 0 Å². The lowest BCUT2D eigenvalue weighted by Crippen LogP contribution is -2.28. The zero-order valence-corrected chi connectivity index (χ0v) is 8.62. The Hall–Kier alpha value is -1.97. The van der Waals surface area contributed by atoms with Crippen molar-refractivity contribution in [2.75, 3.05) is 28.2 Å². The molecular formula is C7H14N4O3. The van der Waals surface area contributed by atoms with E-state index in [4.69, 9.17) is 9.59 Å². The molecule has 2 amide bonds. The van der Waals surface area contributed by atoms with Gasteiger partial charge in [0.25, 0.3) is 0 Å². The van der Waals surface area contributed by atoms with E-state index >= 15 is 0 Å². The minimum Gasteiger partial charge on any atom is -0.341 e. The third-order valence-corrected chi connectivity index (χ3v) is 0.637. The average Bonchev–Trinajstić information content (AvgIpc) is 2.28. The van der Waals surface area contributed by atoms with E-state index in [1.54, 1.807) is 14.1 Å². The molecule has 0 rings (SSSR count). The second kappa shape index (κ2) is 22.5. The molecule has 0 bridgehead atoms. The molecule has 0 aromatic carbocycles. The molecule has 0 aliphatic heterocycles. The van der Waals surface area contributed by atoms with Gasteiger partial charge in [-0.3, -0.25) is 0 Å². The highest BCUT2D eigenvalue weighted by atomic mass is 16.2. The topological polar surface area (TPSA) is 100.0 Å². The molecule has 0 aliphatic rings. The standard InChI is InChI=1S/C3H8N2O.2C2H3NO/c1-4-3(6)5-2;2*1-3-2-4/h1-2H3,(H2,4,5,6);2*1H3. The molecule has 0 aliphatic carbocycles. The van der Waals surface area contributed by atoms with Crippen LogP contribution in [-0.4, -0.2) is 46.4 Å². The summed E-state index contributed by atoms with van der Waals surface area (Å²) >= 11 is 0. The summed E-state index contributed by atoms with van der Waals surface area (Å²) in [5.74, 6) is 0. The molecule has 2 N–H and O–H groups in total. The van der Waals surface area contributed by atoms with Crippen LogP contribution in [0, 0.1) is 0 Å². The van der Waals surface area contributed by atoms with E-state index in [-0.39, 0.29) is 6.03 Å². The lowest BCUT2D eigenvalue weighted by molar-refractivity contribution is 0.245. The van der Waals surface area contributed by atoms with Crippen molar-refractivity contribution in [3.63, 3.8) is 0 Å². The first-order valence-corrected chi connectivity index (χ1v) is 3.45. The quantitative estimate of drug-likeness (QED) is 0.407. The first-order valence-electron chi connectivity index (χ1n) is 3.45. The Balaban J connectivity index is -0.000000135. The zero-order chi connectivity index (χ0) is 11.8. The fourth-order valence-electron chi connectivity index (χ4n) is 0.125. The fourth-order valence-corrected chi connectivity index (χ4v) is 0.125. The van der Waals surface area contributed by atoms with Gasteiger partial charge in [0, 0.05) is 28.2 Å². The summed E-state index contributed by atoms with van der Waals surface area (Å²) in [6, 6.07) is -0.157. The van der Waals surface area contributed by atoms with Crippen LogP contribution in [0.3, 0.4) is 0 Å². The van der Waals surface area contributed by atoms with E-state index in [0.29, 0.717) is 0 Å². The summed E-state index contributed by atoms with van der Waals surface area (Å²) < 4.78 is 0. The average molecular weight is 202 g/mol. The van der Waals surface area contributed by atoms with E-state index in [9.17, 15) is 4.79 Å². The second-order valence-corrected chi connectivity index (χ2v) is 1.46. The monoisotopic (exact) mass is 202 g/mol. The van der Waals surface area contributed by atoms with Crippen LogP contribution in [0.4, 0.5) is 4.79 Å². The van der Waals surface area contributed by atoms with E-state index in [2.05, 4.69) is 20.6 Å². The summed E-state index contributed by atoms with van der Waals surface area (Å²) in [6.07, 6.45) is 2.61. The number of hydrogen-bond acceptors (Lipinski definition) is 5. The predicted molar refractivity (Wildman–Crippen MR) is 51.6 cm³/mol. The van der Waals surface area contributed by atoms with Gasteiger partial charge in [-0.05, 0) is 0 Å². The number of nitrogens with zero attached hydrogens (tertiary/aromatic N) is 2. The van der Waals surface area contributed by atoms with Gasteiger partial charge in [0.05, 0.1) is 0 Å². The molecule has 0 fully saturated rings. The lowest BCUT2D eigenvalue weighted by atomic mass is 11.0. The number of urea groups is 1. The first kappa shape index (κ1) is 17.9. The number of nitrogens with one attached hydrogen (secondary N) is 2.